The topological polar surface area (TPSA) is 60.2 Å². The summed E-state index contributed by atoms with van der Waals surface area (Å²) in [5.74, 6) is 0.799. The lowest BCUT2D eigenvalue weighted by atomic mass is 10.2. The van der Waals surface area contributed by atoms with Gasteiger partial charge in [-0.2, -0.15) is 0 Å². The Morgan fingerprint density at radius 3 is 2.94 bits per heavy atom. The number of nitrogens with two attached hydrogens (primary N) is 1. The van der Waals surface area contributed by atoms with Crippen molar-refractivity contribution >= 4 is 17.1 Å². The number of pyridine rings is 1. The summed E-state index contributed by atoms with van der Waals surface area (Å²) in [5, 5.41) is 3.20. The van der Waals surface area contributed by atoms with E-state index in [1.165, 1.54) is 0 Å². The molecule has 1 heterocycles. The fourth-order valence-corrected chi connectivity index (χ4v) is 1.49. The first-order valence-electron chi connectivity index (χ1n) is 5.49. The highest BCUT2D eigenvalue weighted by atomic mass is 16.5. The molecule has 3 N–H and O–H groups in total. The first-order chi connectivity index (χ1) is 8.29. The van der Waals surface area contributed by atoms with Gasteiger partial charge in [0.05, 0.1) is 29.9 Å². The zero-order valence-electron chi connectivity index (χ0n) is 9.68. The minimum absolute atomic E-state index is 0.635. The minimum Gasteiger partial charge on any atom is -0.494 e. The molecule has 0 fully saturated rings. The molecule has 1 aromatic carbocycles. The number of aromatic nitrogens is 1. The maximum atomic E-state index is 5.89. The summed E-state index contributed by atoms with van der Waals surface area (Å²) in [6.45, 7) is 2.58. The fraction of sp³-hybridized carbons (Fsp3) is 0.154. The van der Waals surface area contributed by atoms with Crippen LogP contribution in [0.1, 0.15) is 6.92 Å². The molecule has 0 saturated heterocycles. The third kappa shape index (κ3) is 2.87. The maximum absolute atomic E-state index is 5.89. The molecule has 0 spiro atoms. The van der Waals surface area contributed by atoms with E-state index in [9.17, 15) is 0 Å². The van der Waals surface area contributed by atoms with E-state index in [2.05, 4.69) is 10.3 Å². The van der Waals surface area contributed by atoms with Crippen molar-refractivity contribution in [1.29, 1.82) is 0 Å². The quantitative estimate of drug-likeness (QED) is 0.791. The van der Waals surface area contributed by atoms with Gasteiger partial charge >= 0.3 is 0 Å². The Morgan fingerprint density at radius 2 is 2.24 bits per heavy atom. The molecule has 2 rings (SSSR count). The molecular weight excluding hydrogens is 214 g/mol. The Balaban J connectivity index is 2.22. The van der Waals surface area contributed by atoms with Gasteiger partial charge in [-0.3, -0.25) is 4.98 Å². The number of ether oxygens (including phenoxy) is 1. The van der Waals surface area contributed by atoms with Crippen molar-refractivity contribution in [1.82, 2.24) is 4.98 Å². The minimum atomic E-state index is 0.635. The van der Waals surface area contributed by atoms with Gasteiger partial charge in [0, 0.05) is 12.3 Å². The molecule has 0 amide bonds. The van der Waals surface area contributed by atoms with Gasteiger partial charge in [0.15, 0.2) is 0 Å². The molecule has 0 radical (unpaired) electrons. The first-order valence-corrected chi connectivity index (χ1v) is 5.49. The van der Waals surface area contributed by atoms with E-state index in [1.54, 1.807) is 12.4 Å². The number of rotatable bonds is 4. The molecule has 17 heavy (non-hydrogen) atoms. The zero-order valence-corrected chi connectivity index (χ0v) is 9.68. The highest BCUT2D eigenvalue weighted by Crippen LogP contribution is 2.27. The Bertz CT molecular complexity index is 485. The Labute approximate surface area is 100 Å². The summed E-state index contributed by atoms with van der Waals surface area (Å²) in [7, 11) is 0. The van der Waals surface area contributed by atoms with Crippen molar-refractivity contribution in [2.24, 2.45) is 0 Å². The highest BCUT2D eigenvalue weighted by Gasteiger charge is 2.02. The van der Waals surface area contributed by atoms with Crippen LogP contribution in [0.15, 0.2) is 42.7 Å². The third-order valence-electron chi connectivity index (χ3n) is 2.28. The molecule has 0 bridgehead atoms. The van der Waals surface area contributed by atoms with Gasteiger partial charge in [0.1, 0.15) is 5.75 Å². The number of hydrogen-bond donors (Lipinski definition) is 2. The van der Waals surface area contributed by atoms with Crippen LogP contribution in [0.3, 0.4) is 0 Å². The van der Waals surface area contributed by atoms with E-state index in [-0.39, 0.29) is 0 Å². The third-order valence-corrected chi connectivity index (χ3v) is 2.28. The van der Waals surface area contributed by atoms with Gasteiger partial charge in [-0.1, -0.05) is 0 Å². The van der Waals surface area contributed by atoms with Gasteiger partial charge in [-0.05, 0) is 31.2 Å². The molecule has 2 aromatic rings. The molecule has 0 unspecified atom stereocenters. The lowest BCUT2D eigenvalue weighted by Crippen LogP contribution is -1.98. The average molecular weight is 229 g/mol. The van der Waals surface area contributed by atoms with E-state index in [1.807, 2.05) is 37.3 Å². The molecule has 0 atom stereocenters. The van der Waals surface area contributed by atoms with Gasteiger partial charge < -0.3 is 15.8 Å². The Kier molecular flexibility index (Phi) is 3.45. The summed E-state index contributed by atoms with van der Waals surface area (Å²) >= 11 is 0. The van der Waals surface area contributed by atoms with E-state index in [0.717, 1.165) is 17.1 Å². The van der Waals surface area contributed by atoms with E-state index >= 15 is 0 Å². The van der Waals surface area contributed by atoms with Crippen LogP contribution in [-0.4, -0.2) is 11.6 Å². The highest BCUT2D eigenvalue weighted by molar-refractivity contribution is 5.73. The Morgan fingerprint density at radius 1 is 1.35 bits per heavy atom. The predicted octanol–water partition coefficient (Wildman–Crippen LogP) is 2.81. The number of nitrogens with one attached hydrogen (secondary N) is 1. The number of nitrogen functional groups attached to an aromatic ring is 1. The second-order valence-corrected chi connectivity index (χ2v) is 3.55. The molecule has 4 nitrogen and oxygen atoms in total. The van der Waals surface area contributed by atoms with Crippen LogP contribution in [0.2, 0.25) is 0 Å². The van der Waals surface area contributed by atoms with E-state index in [4.69, 9.17) is 10.5 Å². The maximum Gasteiger partial charge on any atom is 0.121 e. The van der Waals surface area contributed by atoms with Gasteiger partial charge in [0.25, 0.3) is 0 Å². The second kappa shape index (κ2) is 5.21. The SMILES string of the molecule is CCOc1ccc(N)c(Nc2cccnc2)c1. The van der Waals surface area contributed by atoms with Crippen LogP contribution in [0.25, 0.3) is 0 Å². The van der Waals surface area contributed by atoms with Crippen molar-refractivity contribution in [2.75, 3.05) is 17.7 Å². The van der Waals surface area contributed by atoms with Crippen molar-refractivity contribution in [3.63, 3.8) is 0 Å². The van der Waals surface area contributed by atoms with Crippen LogP contribution >= 0.6 is 0 Å². The van der Waals surface area contributed by atoms with Crippen LogP contribution in [0.4, 0.5) is 17.1 Å². The van der Waals surface area contributed by atoms with Gasteiger partial charge in [-0.25, -0.2) is 0 Å². The molecule has 0 aliphatic rings. The van der Waals surface area contributed by atoms with Crippen molar-refractivity contribution in [2.45, 2.75) is 6.92 Å². The van der Waals surface area contributed by atoms with Crippen molar-refractivity contribution in [3.8, 4) is 5.75 Å². The fourth-order valence-electron chi connectivity index (χ4n) is 1.49. The monoisotopic (exact) mass is 229 g/mol. The molecule has 0 aliphatic heterocycles. The summed E-state index contributed by atoms with van der Waals surface area (Å²) in [6.07, 6.45) is 3.47. The molecule has 0 saturated carbocycles. The largest absolute Gasteiger partial charge is 0.494 e. The van der Waals surface area contributed by atoms with Crippen LogP contribution in [0.5, 0.6) is 5.75 Å². The summed E-state index contributed by atoms with van der Waals surface area (Å²) in [5.41, 5.74) is 8.29. The Hall–Kier alpha value is -2.23. The van der Waals surface area contributed by atoms with E-state index in [0.29, 0.717) is 12.3 Å². The first kappa shape index (κ1) is 11.3. The molecule has 0 aliphatic carbocycles. The second-order valence-electron chi connectivity index (χ2n) is 3.55. The molecular formula is C13H15N3O. The number of nitrogens with zero attached hydrogens (tertiary/aromatic N) is 1. The summed E-state index contributed by atoms with van der Waals surface area (Å²) in [4.78, 5) is 4.03. The van der Waals surface area contributed by atoms with Gasteiger partial charge in [0.2, 0.25) is 0 Å². The number of anilines is 3. The zero-order chi connectivity index (χ0) is 12.1. The van der Waals surface area contributed by atoms with Crippen LogP contribution in [-0.2, 0) is 0 Å². The predicted molar refractivity (Wildman–Crippen MR) is 69.5 cm³/mol. The molecule has 88 valence electrons. The van der Waals surface area contributed by atoms with Crippen molar-refractivity contribution < 1.29 is 4.74 Å². The molecule has 4 heteroatoms. The lowest BCUT2D eigenvalue weighted by molar-refractivity contribution is 0.340. The smallest absolute Gasteiger partial charge is 0.121 e. The van der Waals surface area contributed by atoms with Gasteiger partial charge in [-0.15, -0.1) is 0 Å². The lowest BCUT2D eigenvalue weighted by Gasteiger charge is -2.11. The van der Waals surface area contributed by atoms with E-state index < -0.39 is 0 Å². The summed E-state index contributed by atoms with van der Waals surface area (Å²) in [6, 6.07) is 9.35. The average Bonchev–Trinajstić information content (AvgIpc) is 2.35. The standard InChI is InChI=1S/C13H15N3O/c1-2-17-11-5-6-12(14)13(8-11)16-10-4-3-7-15-9-10/h3-9,16H,2,14H2,1H3. The van der Waals surface area contributed by atoms with Crippen LogP contribution in [0, 0.1) is 0 Å². The summed E-state index contributed by atoms with van der Waals surface area (Å²) < 4.78 is 5.43. The van der Waals surface area contributed by atoms with Crippen molar-refractivity contribution in [3.05, 3.63) is 42.7 Å². The number of benzene rings is 1. The molecule has 1 aromatic heterocycles. The normalized spacial score (nSPS) is 9.94. The number of hydrogen-bond acceptors (Lipinski definition) is 4. The van der Waals surface area contributed by atoms with Crippen LogP contribution < -0.4 is 15.8 Å².